The fourth-order valence-electron chi connectivity index (χ4n) is 3.86. The van der Waals surface area contributed by atoms with Crippen molar-refractivity contribution in [3.05, 3.63) is 107 Å². The average Bonchev–Trinajstić information content (AvgIpc) is 2.82. The van der Waals surface area contributed by atoms with E-state index in [-0.39, 0.29) is 30.2 Å². The number of carbonyl (C=O) groups is 2. The quantitative estimate of drug-likeness (QED) is 0.436. The number of benzene rings is 3. The largest absolute Gasteiger partial charge is 0.352 e. The smallest absolute Gasteiger partial charge is 0.242 e. The molecule has 0 aliphatic carbocycles. The van der Waals surface area contributed by atoms with E-state index in [9.17, 15) is 9.59 Å². The van der Waals surface area contributed by atoms with Crippen LogP contribution in [0.2, 0.25) is 5.02 Å². The summed E-state index contributed by atoms with van der Waals surface area (Å²) in [6, 6.07) is 26.8. The molecule has 0 bridgehead atoms. The van der Waals surface area contributed by atoms with Crippen LogP contribution in [-0.4, -0.2) is 28.8 Å². The van der Waals surface area contributed by atoms with Gasteiger partial charge in [-0.05, 0) is 49.6 Å². The summed E-state index contributed by atoms with van der Waals surface area (Å²) in [5.41, 5.74) is 3.07. The van der Waals surface area contributed by atoms with Crippen molar-refractivity contribution < 1.29 is 9.59 Å². The first-order valence-corrected chi connectivity index (χ1v) is 11.7. The molecule has 0 saturated heterocycles. The number of halogens is 1. The van der Waals surface area contributed by atoms with Gasteiger partial charge in [0.2, 0.25) is 11.8 Å². The van der Waals surface area contributed by atoms with E-state index in [0.29, 0.717) is 11.6 Å². The van der Waals surface area contributed by atoms with Crippen molar-refractivity contribution in [2.24, 2.45) is 0 Å². The number of nitrogens with one attached hydrogen (secondary N) is 1. The number of nitrogens with zero attached hydrogens (tertiary/aromatic N) is 1. The van der Waals surface area contributed by atoms with Crippen LogP contribution < -0.4 is 5.32 Å². The zero-order valence-corrected chi connectivity index (χ0v) is 20.1. The third kappa shape index (κ3) is 6.93. The lowest BCUT2D eigenvalue weighted by Gasteiger charge is -2.31. The molecule has 1 N–H and O–H groups in total. The lowest BCUT2D eigenvalue weighted by molar-refractivity contribution is -0.141. The van der Waals surface area contributed by atoms with E-state index in [2.05, 4.69) is 5.32 Å². The molecule has 0 heterocycles. The Kier molecular flexibility index (Phi) is 8.67. The minimum atomic E-state index is -0.609. The van der Waals surface area contributed by atoms with Gasteiger partial charge in [0.1, 0.15) is 6.04 Å². The van der Waals surface area contributed by atoms with Crippen LogP contribution in [-0.2, 0) is 16.1 Å². The summed E-state index contributed by atoms with van der Waals surface area (Å²) < 4.78 is 0. The van der Waals surface area contributed by atoms with E-state index in [1.165, 1.54) is 0 Å². The fourth-order valence-corrected chi connectivity index (χ4v) is 3.99. The summed E-state index contributed by atoms with van der Waals surface area (Å²) in [4.78, 5) is 28.2. The van der Waals surface area contributed by atoms with Crippen molar-refractivity contribution in [2.45, 2.75) is 51.7 Å². The topological polar surface area (TPSA) is 49.4 Å². The summed E-state index contributed by atoms with van der Waals surface area (Å²) in [5.74, 6) is -0.342. The Morgan fingerprint density at radius 2 is 1.33 bits per heavy atom. The molecule has 3 aromatic rings. The predicted octanol–water partition coefficient (Wildman–Crippen LogP) is 5.80. The molecular formula is C28H31ClN2O2. The van der Waals surface area contributed by atoms with Gasteiger partial charge in [-0.1, -0.05) is 84.4 Å². The molecule has 3 aromatic carbocycles. The predicted molar refractivity (Wildman–Crippen MR) is 134 cm³/mol. The zero-order valence-electron chi connectivity index (χ0n) is 19.4. The van der Waals surface area contributed by atoms with Gasteiger partial charge in [0.05, 0.1) is 0 Å². The highest BCUT2D eigenvalue weighted by atomic mass is 35.5. The molecule has 0 fully saturated rings. The molecule has 172 valence electrons. The van der Waals surface area contributed by atoms with Gasteiger partial charge < -0.3 is 10.2 Å². The van der Waals surface area contributed by atoms with Gasteiger partial charge in [-0.2, -0.15) is 0 Å². The van der Waals surface area contributed by atoms with Crippen LogP contribution in [0.4, 0.5) is 0 Å². The summed E-state index contributed by atoms with van der Waals surface area (Å²) >= 11 is 6.04. The molecule has 0 aliphatic rings. The Hall–Kier alpha value is -3.11. The second-order valence-corrected chi connectivity index (χ2v) is 9.00. The summed E-state index contributed by atoms with van der Waals surface area (Å²) in [5, 5.41) is 3.57. The normalized spacial score (nSPS) is 11.9. The Morgan fingerprint density at radius 3 is 1.82 bits per heavy atom. The number of hydrogen-bond acceptors (Lipinski definition) is 2. The van der Waals surface area contributed by atoms with Crippen LogP contribution in [0, 0.1) is 0 Å². The zero-order chi connectivity index (χ0) is 23.8. The molecule has 33 heavy (non-hydrogen) atoms. The van der Waals surface area contributed by atoms with E-state index in [4.69, 9.17) is 11.6 Å². The molecule has 3 rings (SSSR count). The second-order valence-electron chi connectivity index (χ2n) is 8.57. The molecule has 0 radical (unpaired) electrons. The lowest BCUT2D eigenvalue weighted by Crippen LogP contribution is -2.49. The third-order valence-corrected chi connectivity index (χ3v) is 5.90. The van der Waals surface area contributed by atoms with Crippen molar-refractivity contribution in [1.82, 2.24) is 10.2 Å². The van der Waals surface area contributed by atoms with Gasteiger partial charge in [0, 0.05) is 29.9 Å². The highest BCUT2D eigenvalue weighted by Crippen LogP contribution is 2.29. The lowest BCUT2D eigenvalue weighted by atomic mass is 9.88. The van der Waals surface area contributed by atoms with Crippen LogP contribution in [0.3, 0.4) is 0 Å². The number of amides is 2. The molecule has 4 nitrogen and oxygen atoms in total. The number of hydrogen-bond donors (Lipinski definition) is 1. The Labute approximate surface area is 201 Å². The van der Waals surface area contributed by atoms with Gasteiger partial charge in [-0.25, -0.2) is 0 Å². The van der Waals surface area contributed by atoms with E-state index < -0.39 is 6.04 Å². The van der Waals surface area contributed by atoms with Gasteiger partial charge in [0.15, 0.2) is 0 Å². The minimum Gasteiger partial charge on any atom is -0.352 e. The highest BCUT2D eigenvalue weighted by Gasteiger charge is 2.29. The molecule has 0 unspecified atom stereocenters. The van der Waals surface area contributed by atoms with E-state index in [1.807, 2.05) is 86.6 Å². The van der Waals surface area contributed by atoms with Crippen molar-refractivity contribution in [1.29, 1.82) is 0 Å². The second kappa shape index (κ2) is 11.7. The van der Waals surface area contributed by atoms with Gasteiger partial charge in [-0.15, -0.1) is 0 Å². The molecule has 1 atom stereocenters. The molecule has 0 aliphatic heterocycles. The average molecular weight is 463 g/mol. The first-order chi connectivity index (χ1) is 15.8. The molecule has 2 amide bonds. The third-order valence-electron chi connectivity index (χ3n) is 5.65. The van der Waals surface area contributed by atoms with Gasteiger partial charge in [-0.3, -0.25) is 9.59 Å². The highest BCUT2D eigenvalue weighted by molar-refractivity contribution is 6.30. The monoisotopic (exact) mass is 462 g/mol. The Bertz CT molecular complexity index is 997. The molecule has 0 spiro atoms. The number of carbonyl (C=O) groups excluding carboxylic acids is 2. The first-order valence-electron chi connectivity index (χ1n) is 11.3. The van der Waals surface area contributed by atoms with Crippen molar-refractivity contribution in [3.63, 3.8) is 0 Å². The van der Waals surface area contributed by atoms with Crippen LogP contribution in [0.25, 0.3) is 0 Å². The van der Waals surface area contributed by atoms with E-state index in [0.717, 1.165) is 16.7 Å². The van der Waals surface area contributed by atoms with E-state index >= 15 is 0 Å². The maximum atomic E-state index is 13.7. The molecule has 5 heteroatoms. The maximum Gasteiger partial charge on any atom is 0.242 e. The van der Waals surface area contributed by atoms with Crippen molar-refractivity contribution in [2.75, 3.05) is 0 Å². The van der Waals surface area contributed by atoms with Crippen LogP contribution in [0.15, 0.2) is 84.9 Å². The Balaban J connectivity index is 1.91. The molecule has 0 saturated carbocycles. The van der Waals surface area contributed by atoms with Crippen molar-refractivity contribution in [3.8, 4) is 0 Å². The van der Waals surface area contributed by atoms with Crippen LogP contribution in [0.5, 0.6) is 0 Å². The summed E-state index contributed by atoms with van der Waals surface area (Å²) in [7, 11) is 0. The summed E-state index contributed by atoms with van der Waals surface area (Å²) in [6.45, 7) is 5.94. The van der Waals surface area contributed by atoms with E-state index in [1.54, 1.807) is 24.0 Å². The standard InChI is InChI=1S/C28H31ClN2O2/c1-20(2)30-28(33)21(3)31(19-22-14-16-25(29)17-15-22)27(32)18-26(23-10-6-4-7-11-23)24-12-8-5-9-13-24/h4-17,20-21,26H,18-19H2,1-3H3,(H,30,33)/t21-/m0/s1. The SMILES string of the molecule is CC(C)NC(=O)[C@H](C)N(Cc1ccc(Cl)cc1)C(=O)CC(c1ccccc1)c1ccccc1. The van der Waals surface area contributed by atoms with Crippen LogP contribution >= 0.6 is 11.6 Å². The first kappa shape index (κ1) is 24.5. The van der Waals surface area contributed by atoms with Gasteiger partial charge in [0.25, 0.3) is 0 Å². The van der Waals surface area contributed by atoms with Crippen LogP contribution in [0.1, 0.15) is 49.8 Å². The summed E-state index contributed by atoms with van der Waals surface area (Å²) in [6.07, 6.45) is 0.265. The Morgan fingerprint density at radius 1 is 0.818 bits per heavy atom. The van der Waals surface area contributed by atoms with Gasteiger partial charge >= 0.3 is 0 Å². The molecule has 0 aromatic heterocycles. The number of rotatable bonds is 9. The van der Waals surface area contributed by atoms with Crippen molar-refractivity contribution >= 4 is 23.4 Å². The maximum absolute atomic E-state index is 13.7. The fraction of sp³-hybridized carbons (Fsp3) is 0.286. The molecular weight excluding hydrogens is 432 g/mol. The minimum absolute atomic E-state index is 0.00572.